The quantitative estimate of drug-likeness (QED) is 0.596. The lowest BCUT2D eigenvalue weighted by atomic mass is 10.1. The van der Waals surface area contributed by atoms with Gasteiger partial charge in [-0.2, -0.15) is 0 Å². The number of rotatable bonds is 6. The molecule has 0 aliphatic heterocycles. The zero-order chi connectivity index (χ0) is 18.4. The van der Waals surface area contributed by atoms with Crippen LogP contribution in [-0.2, 0) is 0 Å². The zero-order valence-corrected chi connectivity index (χ0v) is 14.6. The average Bonchev–Trinajstić information content (AvgIpc) is 2.64. The Morgan fingerprint density at radius 2 is 1.28 bits per heavy atom. The third-order valence-electron chi connectivity index (χ3n) is 3.59. The Kier molecular flexibility index (Phi) is 5.95. The van der Waals surface area contributed by atoms with Crippen molar-refractivity contribution in [3.05, 3.63) is 71.8 Å². The fourth-order valence-corrected chi connectivity index (χ4v) is 2.44. The van der Waals surface area contributed by atoms with E-state index in [0.29, 0.717) is 28.2 Å². The van der Waals surface area contributed by atoms with Gasteiger partial charge in [-0.25, -0.2) is 0 Å². The maximum absolute atomic E-state index is 13.0. The maximum Gasteiger partial charge on any atom is 0.264 e. The second-order valence-electron chi connectivity index (χ2n) is 5.55. The van der Waals surface area contributed by atoms with E-state index in [1.54, 1.807) is 55.5 Å². The molecule has 0 bridgehead atoms. The predicted molar refractivity (Wildman–Crippen MR) is 96.2 cm³/mol. The molecule has 2 rings (SSSR count). The van der Waals surface area contributed by atoms with Crippen molar-refractivity contribution in [2.24, 2.45) is 0 Å². The first-order valence-electron chi connectivity index (χ1n) is 7.76. The van der Waals surface area contributed by atoms with Crippen LogP contribution in [0, 0.1) is 0 Å². The van der Waals surface area contributed by atoms with Crippen LogP contribution in [0.4, 0.5) is 0 Å². The van der Waals surface area contributed by atoms with Gasteiger partial charge in [0.15, 0.2) is 0 Å². The highest BCUT2D eigenvalue weighted by Gasteiger charge is 2.27. The van der Waals surface area contributed by atoms with E-state index in [2.05, 4.69) is 6.58 Å². The van der Waals surface area contributed by atoms with Crippen LogP contribution in [0.25, 0.3) is 0 Å². The lowest BCUT2D eigenvalue weighted by Crippen LogP contribution is -2.38. The number of hydrogen-bond acceptors (Lipinski definition) is 4. The summed E-state index contributed by atoms with van der Waals surface area (Å²) >= 11 is 0. The van der Waals surface area contributed by atoms with Gasteiger partial charge in [0.2, 0.25) is 0 Å². The van der Waals surface area contributed by atoms with Crippen LogP contribution >= 0.6 is 0 Å². The van der Waals surface area contributed by atoms with Crippen LogP contribution in [0.1, 0.15) is 27.6 Å². The van der Waals surface area contributed by atoms with Crippen molar-refractivity contribution in [1.82, 2.24) is 4.90 Å². The second kappa shape index (κ2) is 8.15. The highest BCUT2D eigenvalue weighted by molar-refractivity contribution is 6.12. The zero-order valence-electron chi connectivity index (χ0n) is 14.6. The van der Waals surface area contributed by atoms with Crippen molar-refractivity contribution >= 4 is 11.8 Å². The molecule has 130 valence electrons. The summed E-state index contributed by atoms with van der Waals surface area (Å²) in [6.07, 6.45) is 0. The van der Waals surface area contributed by atoms with Gasteiger partial charge < -0.3 is 9.47 Å². The van der Waals surface area contributed by atoms with Crippen molar-refractivity contribution in [3.8, 4) is 11.5 Å². The molecule has 0 saturated carbocycles. The monoisotopic (exact) mass is 339 g/mol. The number of hydrogen-bond donors (Lipinski definition) is 0. The van der Waals surface area contributed by atoms with Crippen LogP contribution in [-0.4, -0.2) is 37.5 Å². The second-order valence-corrected chi connectivity index (χ2v) is 5.55. The molecule has 2 aromatic rings. The van der Waals surface area contributed by atoms with Gasteiger partial charge in [0.25, 0.3) is 11.8 Å². The number of carbonyl (C=O) groups is 2. The standard InChI is InChI=1S/C20H21NO4/c1-14(2)13-21(19(22)15-9-5-7-11-17(15)24-3)20(23)16-10-6-8-12-18(16)25-4/h5-12H,1,13H2,2-4H3. The Morgan fingerprint density at radius 3 is 1.64 bits per heavy atom. The molecule has 0 aliphatic rings. The van der Waals surface area contributed by atoms with Gasteiger partial charge in [-0.1, -0.05) is 36.4 Å². The highest BCUT2D eigenvalue weighted by atomic mass is 16.5. The van der Waals surface area contributed by atoms with E-state index in [9.17, 15) is 9.59 Å². The van der Waals surface area contributed by atoms with Gasteiger partial charge in [0.05, 0.1) is 25.3 Å². The minimum atomic E-state index is -0.448. The summed E-state index contributed by atoms with van der Waals surface area (Å²) in [5.41, 5.74) is 1.32. The number of imide groups is 1. The fraction of sp³-hybridized carbons (Fsp3) is 0.200. The largest absolute Gasteiger partial charge is 0.496 e. The predicted octanol–water partition coefficient (Wildman–Crippen LogP) is 3.56. The van der Waals surface area contributed by atoms with Gasteiger partial charge in [-0.3, -0.25) is 14.5 Å². The number of methoxy groups -OCH3 is 2. The average molecular weight is 339 g/mol. The molecule has 0 radical (unpaired) electrons. The molecular formula is C20H21NO4. The number of amides is 2. The summed E-state index contributed by atoms with van der Waals surface area (Å²) in [7, 11) is 2.97. The van der Waals surface area contributed by atoms with E-state index in [-0.39, 0.29) is 6.54 Å². The van der Waals surface area contributed by atoms with Crippen molar-refractivity contribution in [2.45, 2.75) is 6.92 Å². The molecule has 2 aromatic carbocycles. The van der Waals surface area contributed by atoms with Crippen LogP contribution in [0.15, 0.2) is 60.7 Å². The fourth-order valence-electron chi connectivity index (χ4n) is 2.44. The Hall–Kier alpha value is -3.08. The molecule has 0 heterocycles. The SMILES string of the molecule is C=C(C)CN(C(=O)c1ccccc1OC)C(=O)c1ccccc1OC. The molecule has 0 unspecified atom stereocenters. The van der Waals surface area contributed by atoms with E-state index < -0.39 is 11.8 Å². The van der Waals surface area contributed by atoms with Crippen LogP contribution in [0.5, 0.6) is 11.5 Å². The Balaban J connectivity index is 2.47. The van der Waals surface area contributed by atoms with Crippen molar-refractivity contribution in [3.63, 3.8) is 0 Å². The number of ether oxygens (including phenoxy) is 2. The molecule has 5 heteroatoms. The summed E-state index contributed by atoms with van der Waals surface area (Å²) in [4.78, 5) is 27.2. The lowest BCUT2D eigenvalue weighted by molar-refractivity contribution is 0.0627. The van der Waals surface area contributed by atoms with E-state index in [4.69, 9.17) is 9.47 Å². The topological polar surface area (TPSA) is 55.8 Å². The summed E-state index contributed by atoms with van der Waals surface area (Å²) < 4.78 is 10.5. The number of carbonyl (C=O) groups excluding carboxylic acids is 2. The van der Waals surface area contributed by atoms with Crippen molar-refractivity contribution in [1.29, 1.82) is 0 Å². The number of benzene rings is 2. The van der Waals surface area contributed by atoms with E-state index >= 15 is 0 Å². The molecule has 0 aliphatic carbocycles. The molecule has 0 aromatic heterocycles. The minimum Gasteiger partial charge on any atom is -0.496 e. The Labute approximate surface area is 147 Å². The van der Waals surface area contributed by atoms with E-state index in [1.165, 1.54) is 14.2 Å². The molecule has 0 fully saturated rings. The molecular weight excluding hydrogens is 318 g/mol. The molecule has 25 heavy (non-hydrogen) atoms. The molecule has 0 spiro atoms. The third-order valence-corrected chi connectivity index (χ3v) is 3.59. The first-order valence-corrected chi connectivity index (χ1v) is 7.76. The normalized spacial score (nSPS) is 10.0. The number of nitrogens with zero attached hydrogens (tertiary/aromatic N) is 1. The van der Waals surface area contributed by atoms with Crippen molar-refractivity contribution < 1.29 is 19.1 Å². The van der Waals surface area contributed by atoms with E-state index in [0.717, 1.165) is 4.90 Å². The summed E-state index contributed by atoms with van der Waals surface area (Å²) in [5, 5.41) is 0. The Morgan fingerprint density at radius 1 is 0.880 bits per heavy atom. The van der Waals surface area contributed by atoms with Crippen molar-refractivity contribution in [2.75, 3.05) is 20.8 Å². The summed E-state index contributed by atoms with van der Waals surface area (Å²) in [6, 6.07) is 13.6. The van der Waals surface area contributed by atoms with E-state index in [1.807, 2.05) is 0 Å². The van der Waals surface area contributed by atoms with Gasteiger partial charge in [-0.05, 0) is 31.2 Å². The van der Waals surface area contributed by atoms with Crippen LogP contribution < -0.4 is 9.47 Å². The van der Waals surface area contributed by atoms with Gasteiger partial charge in [0, 0.05) is 6.54 Å². The van der Waals surface area contributed by atoms with Gasteiger partial charge in [-0.15, -0.1) is 0 Å². The first kappa shape index (κ1) is 18.3. The first-order chi connectivity index (χ1) is 12.0. The number of para-hydroxylation sites is 2. The molecule has 2 amide bonds. The molecule has 0 N–H and O–H groups in total. The summed E-state index contributed by atoms with van der Waals surface area (Å²) in [5.74, 6) is -0.0770. The molecule has 5 nitrogen and oxygen atoms in total. The minimum absolute atomic E-state index is 0.105. The lowest BCUT2D eigenvalue weighted by Gasteiger charge is -2.23. The molecule has 0 saturated heterocycles. The third kappa shape index (κ3) is 4.07. The Bertz CT molecular complexity index is 738. The van der Waals surface area contributed by atoms with Gasteiger partial charge >= 0.3 is 0 Å². The van der Waals surface area contributed by atoms with Crippen LogP contribution in [0.3, 0.4) is 0 Å². The summed E-state index contributed by atoms with van der Waals surface area (Å²) in [6.45, 7) is 5.69. The smallest absolute Gasteiger partial charge is 0.264 e. The maximum atomic E-state index is 13.0. The highest BCUT2D eigenvalue weighted by Crippen LogP contribution is 2.24. The molecule has 0 atom stereocenters. The van der Waals surface area contributed by atoms with Gasteiger partial charge in [0.1, 0.15) is 11.5 Å². The van der Waals surface area contributed by atoms with Crippen LogP contribution in [0.2, 0.25) is 0 Å².